The van der Waals surface area contributed by atoms with E-state index in [0.29, 0.717) is 18.7 Å². The molecule has 1 heterocycles. The largest absolute Gasteiger partial charge is 0.465 e. The molecule has 4 nitrogen and oxygen atoms in total. The van der Waals surface area contributed by atoms with Gasteiger partial charge in [0.25, 0.3) is 0 Å². The number of amides is 1. The number of hydrogen-bond donors (Lipinski definition) is 2. The van der Waals surface area contributed by atoms with E-state index in [4.69, 9.17) is 0 Å². The van der Waals surface area contributed by atoms with Crippen LogP contribution in [0.25, 0.3) is 0 Å². The fourth-order valence-electron chi connectivity index (χ4n) is 2.95. The molecule has 0 saturated carbocycles. The van der Waals surface area contributed by atoms with Gasteiger partial charge < -0.3 is 10.4 Å². The molecule has 21 heavy (non-hydrogen) atoms. The minimum absolute atomic E-state index is 0.199. The molecule has 0 bridgehead atoms. The minimum atomic E-state index is -1.01. The first-order chi connectivity index (χ1) is 9.71. The number of rotatable bonds is 2. The van der Waals surface area contributed by atoms with Crippen LogP contribution >= 0.6 is 0 Å². The van der Waals surface area contributed by atoms with E-state index in [1.165, 1.54) is 11.0 Å². The summed E-state index contributed by atoms with van der Waals surface area (Å²) in [5.41, 5.74) is 0.0405. The molecule has 2 N–H and O–H groups in total. The maximum atomic E-state index is 13.4. The van der Waals surface area contributed by atoms with Gasteiger partial charge in [-0.3, -0.25) is 4.90 Å². The van der Waals surface area contributed by atoms with Crippen molar-refractivity contribution in [2.24, 2.45) is 0 Å². The summed E-state index contributed by atoms with van der Waals surface area (Å²) in [7, 11) is 0. The molecule has 2 atom stereocenters. The van der Waals surface area contributed by atoms with Gasteiger partial charge in [0.2, 0.25) is 0 Å². The standard InChI is InChI=1S/C15H20F2N2O2/c1-15(2,3)19(14(20)21)13-8-18-7-10(13)9-4-5-11(16)12(17)6-9/h4-6,10,13,18H,7-8H2,1-3H3,(H,20,21)/t10-,13+/m0/s1. The number of halogens is 2. The minimum Gasteiger partial charge on any atom is -0.465 e. The zero-order chi connectivity index (χ0) is 15.8. The Labute approximate surface area is 122 Å². The van der Waals surface area contributed by atoms with Crippen LogP contribution in [0.5, 0.6) is 0 Å². The SMILES string of the molecule is CC(C)(C)N(C(=O)O)[C@@H]1CNC[C@H]1c1ccc(F)c(F)c1. The zero-order valence-electron chi connectivity index (χ0n) is 12.4. The molecular formula is C15H20F2N2O2. The first kappa shape index (κ1) is 15.7. The van der Waals surface area contributed by atoms with Crippen LogP contribution in [0.1, 0.15) is 32.3 Å². The molecule has 0 radical (unpaired) electrons. The second-order valence-electron chi connectivity index (χ2n) is 6.33. The number of hydrogen-bond acceptors (Lipinski definition) is 2. The molecule has 1 amide bonds. The molecule has 116 valence electrons. The Kier molecular flexibility index (Phi) is 4.18. The average Bonchev–Trinajstić information content (AvgIpc) is 2.79. The van der Waals surface area contributed by atoms with Crippen LogP contribution in [0.2, 0.25) is 0 Å². The van der Waals surface area contributed by atoms with Gasteiger partial charge in [-0.25, -0.2) is 13.6 Å². The van der Waals surface area contributed by atoms with Crippen molar-refractivity contribution < 1.29 is 18.7 Å². The molecule has 1 aliphatic rings. The summed E-state index contributed by atoms with van der Waals surface area (Å²) in [4.78, 5) is 13.0. The normalized spacial score (nSPS) is 22.3. The van der Waals surface area contributed by atoms with E-state index in [2.05, 4.69) is 5.32 Å². The number of nitrogens with one attached hydrogen (secondary N) is 1. The Morgan fingerprint density at radius 2 is 1.95 bits per heavy atom. The van der Waals surface area contributed by atoms with E-state index in [1.807, 2.05) is 20.8 Å². The van der Waals surface area contributed by atoms with E-state index >= 15 is 0 Å². The van der Waals surface area contributed by atoms with E-state index in [0.717, 1.165) is 12.1 Å². The van der Waals surface area contributed by atoms with Crippen molar-refractivity contribution in [3.8, 4) is 0 Å². The molecule has 0 unspecified atom stereocenters. The molecule has 1 aliphatic heterocycles. The fraction of sp³-hybridized carbons (Fsp3) is 0.533. The monoisotopic (exact) mass is 298 g/mol. The predicted octanol–water partition coefficient (Wildman–Crippen LogP) is 2.80. The summed E-state index contributed by atoms with van der Waals surface area (Å²) in [6.45, 7) is 6.49. The van der Waals surface area contributed by atoms with Gasteiger partial charge in [-0.2, -0.15) is 0 Å². The van der Waals surface area contributed by atoms with Gasteiger partial charge in [-0.15, -0.1) is 0 Å². The van der Waals surface area contributed by atoms with Crippen LogP contribution in [0.3, 0.4) is 0 Å². The average molecular weight is 298 g/mol. The van der Waals surface area contributed by atoms with Crippen molar-refractivity contribution >= 4 is 6.09 Å². The van der Waals surface area contributed by atoms with Crippen LogP contribution in [0, 0.1) is 11.6 Å². The lowest BCUT2D eigenvalue weighted by Crippen LogP contribution is -2.53. The summed E-state index contributed by atoms with van der Waals surface area (Å²) >= 11 is 0. The van der Waals surface area contributed by atoms with E-state index < -0.39 is 23.3 Å². The second kappa shape index (κ2) is 5.60. The van der Waals surface area contributed by atoms with Crippen LogP contribution in [-0.2, 0) is 0 Å². The highest BCUT2D eigenvalue weighted by Crippen LogP contribution is 2.31. The molecule has 0 aliphatic carbocycles. The van der Waals surface area contributed by atoms with Gasteiger partial charge in [0.1, 0.15) is 0 Å². The second-order valence-corrected chi connectivity index (χ2v) is 6.33. The van der Waals surface area contributed by atoms with Gasteiger partial charge in [0.05, 0.1) is 6.04 Å². The maximum Gasteiger partial charge on any atom is 0.408 e. The summed E-state index contributed by atoms with van der Waals surface area (Å²) in [6, 6.07) is 3.45. The van der Waals surface area contributed by atoms with Crippen molar-refractivity contribution in [3.05, 3.63) is 35.4 Å². The smallest absolute Gasteiger partial charge is 0.408 e. The molecule has 6 heteroatoms. The van der Waals surface area contributed by atoms with Crippen molar-refractivity contribution in [1.29, 1.82) is 0 Å². The number of carbonyl (C=O) groups is 1. The Hall–Kier alpha value is -1.69. The predicted molar refractivity (Wildman–Crippen MR) is 75.4 cm³/mol. The molecule has 0 spiro atoms. The van der Waals surface area contributed by atoms with Crippen LogP contribution in [-0.4, -0.2) is 40.8 Å². The molecule has 1 aromatic carbocycles. The molecule has 0 aromatic heterocycles. The number of carboxylic acid groups (broad SMARTS) is 1. The first-order valence-corrected chi connectivity index (χ1v) is 6.89. The molecule has 1 fully saturated rings. The molecular weight excluding hydrogens is 278 g/mol. The number of benzene rings is 1. The topological polar surface area (TPSA) is 52.6 Å². The number of nitrogens with zero attached hydrogens (tertiary/aromatic N) is 1. The Bertz CT molecular complexity index is 543. The molecule has 1 saturated heterocycles. The van der Waals surface area contributed by atoms with E-state index in [9.17, 15) is 18.7 Å². The quantitative estimate of drug-likeness (QED) is 0.883. The fourth-order valence-corrected chi connectivity index (χ4v) is 2.95. The Morgan fingerprint density at radius 1 is 1.29 bits per heavy atom. The lowest BCUT2D eigenvalue weighted by molar-refractivity contribution is 0.0708. The molecule has 1 aromatic rings. The van der Waals surface area contributed by atoms with Crippen LogP contribution in [0.15, 0.2) is 18.2 Å². The van der Waals surface area contributed by atoms with E-state index in [-0.39, 0.29) is 12.0 Å². The van der Waals surface area contributed by atoms with Crippen molar-refractivity contribution in [2.45, 2.75) is 38.3 Å². The van der Waals surface area contributed by atoms with Gasteiger partial charge in [-0.1, -0.05) is 6.07 Å². The van der Waals surface area contributed by atoms with Crippen LogP contribution in [0.4, 0.5) is 13.6 Å². The highest BCUT2D eigenvalue weighted by molar-refractivity contribution is 5.67. The lowest BCUT2D eigenvalue weighted by atomic mass is 9.90. The lowest BCUT2D eigenvalue weighted by Gasteiger charge is -2.40. The van der Waals surface area contributed by atoms with Crippen molar-refractivity contribution in [2.75, 3.05) is 13.1 Å². The third kappa shape index (κ3) is 3.15. The van der Waals surface area contributed by atoms with Gasteiger partial charge in [0.15, 0.2) is 11.6 Å². The van der Waals surface area contributed by atoms with Gasteiger partial charge >= 0.3 is 6.09 Å². The van der Waals surface area contributed by atoms with Gasteiger partial charge in [-0.05, 0) is 38.5 Å². The third-order valence-electron chi connectivity index (χ3n) is 3.81. The highest BCUT2D eigenvalue weighted by Gasteiger charge is 2.41. The zero-order valence-corrected chi connectivity index (χ0v) is 12.4. The van der Waals surface area contributed by atoms with Crippen molar-refractivity contribution in [1.82, 2.24) is 10.2 Å². The van der Waals surface area contributed by atoms with Crippen LogP contribution < -0.4 is 5.32 Å². The maximum absolute atomic E-state index is 13.4. The highest BCUT2D eigenvalue weighted by atomic mass is 19.2. The van der Waals surface area contributed by atoms with E-state index in [1.54, 1.807) is 0 Å². The summed E-state index contributed by atoms with van der Waals surface area (Å²) in [5, 5.41) is 12.6. The Balaban J connectivity index is 2.35. The van der Waals surface area contributed by atoms with Gasteiger partial charge in [0, 0.05) is 24.5 Å². The van der Waals surface area contributed by atoms with Crippen molar-refractivity contribution in [3.63, 3.8) is 0 Å². The first-order valence-electron chi connectivity index (χ1n) is 6.89. The molecule has 2 rings (SSSR count). The summed E-state index contributed by atoms with van der Waals surface area (Å²) < 4.78 is 26.5. The summed E-state index contributed by atoms with van der Waals surface area (Å²) in [5.74, 6) is -2.00. The Morgan fingerprint density at radius 3 is 2.48 bits per heavy atom. The third-order valence-corrected chi connectivity index (χ3v) is 3.81. The summed E-state index contributed by atoms with van der Waals surface area (Å²) in [6.07, 6.45) is -1.01.